The number of unbranched alkanes of at least 4 members (excludes halogenated alkanes) is 5. The van der Waals surface area contributed by atoms with Crippen molar-refractivity contribution < 1.29 is 8.42 Å². The van der Waals surface area contributed by atoms with E-state index in [1.165, 1.54) is 72.8 Å². The Kier molecular flexibility index (Phi) is 7.71. The molecule has 1 saturated heterocycles. The fraction of sp³-hybridized carbons (Fsp3) is 0.824. The Morgan fingerprint density at radius 2 is 1.67 bits per heavy atom. The average Bonchev–Trinajstić information content (AvgIpc) is 3.21. The van der Waals surface area contributed by atoms with Gasteiger partial charge in [-0.15, -0.1) is 0 Å². The molecule has 6 nitrogen and oxygen atoms in total. The van der Waals surface area contributed by atoms with Crippen molar-refractivity contribution in [3.8, 4) is 0 Å². The second-order valence-corrected chi connectivity index (χ2v) is 8.91. The fourth-order valence-electron chi connectivity index (χ4n) is 3.22. The van der Waals surface area contributed by atoms with Crippen LogP contribution in [0.3, 0.4) is 0 Å². The molecule has 0 aromatic carbocycles. The lowest BCUT2D eigenvalue weighted by atomic mass is 10.1. The lowest BCUT2D eigenvalue weighted by Crippen LogP contribution is -2.29. The maximum absolute atomic E-state index is 12.2. The van der Waals surface area contributed by atoms with Gasteiger partial charge in [-0.25, -0.2) is 8.96 Å². The van der Waals surface area contributed by atoms with Crippen LogP contribution in [0, 0.1) is 0 Å². The summed E-state index contributed by atoms with van der Waals surface area (Å²) in [6, 6.07) is 0. The van der Waals surface area contributed by atoms with E-state index in [0.717, 1.165) is 25.0 Å². The Labute approximate surface area is 147 Å². The molecular weight excluding hydrogens is 324 g/mol. The van der Waals surface area contributed by atoms with E-state index in [9.17, 15) is 8.42 Å². The molecule has 0 saturated carbocycles. The highest BCUT2D eigenvalue weighted by molar-refractivity contribution is 7.87. The third-order valence-corrected chi connectivity index (χ3v) is 6.49. The number of hydrogen-bond donors (Lipinski definition) is 0. The smallest absolute Gasteiger partial charge is 0.303 e. The van der Waals surface area contributed by atoms with Crippen LogP contribution in [0.25, 0.3) is 0 Å². The molecule has 0 spiro atoms. The van der Waals surface area contributed by atoms with E-state index in [-0.39, 0.29) is 0 Å². The van der Waals surface area contributed by atoms with Crippen LogP contribution in [0.15, 0.2) is 12.5 Å². The third kappa shape index (κ3) is 5.57. The largest absolute Gasteiger partial charge is 0.308 e. The normalized spacial score (nSPS) is 16.3. The lowest BCUT2D eigenvalue weighted by molar-refractivity contribution is 0.327. The third-order valence-electron chi connectivity index (χ3n) is 4.74. The van der Waals surface area contributed by atoms with Gasteiger partial charge in [0.15, 0.2) is 0 Å². The first kappa shape index (κ1) is 19.4. The summed E-state index contributed by atoms with van der Waals surface area (Å²) < 4.78 is 26.9. The van der Waals surface area contributed by atoms with Crippen molar-refractivity contribution >= 4 is 10.2 Å². The highest BCUT2D eigenvalue weighted by Crippen LogP contribution is 2.14. The summed E-state index contributed by atoms with van der Waals surface area (Å²) in [6.45, 7) is 3.86. The summed E-state index contributed by atoms with van der Waals surface area (Å²) in [6.07, 6.45) is 13.9. The van der Waals surface area contributed by atoms with Crippen molar-refractivity contribution in [3.63, 3.8) is 0 Å². The highest BCUT2D eigenvalue weighted by atomic mass is 32.2. The van der Waals surface area contributed by atoms with Crippen LogP contribution < -0.4 is 0 Å². The number of hydrogen-bond acceptors (Lipinski definition) is 4. The van der Waals surface area contributed by atoms with E-state index in [1.807, 2.05) is 0 Å². The van der Waals surface area contributed by atoms with Gasteiger partial charge in [-0.2, -0.15) is 12.7 Å². The maximum atomic E-state index is 12.2. The van der Waals surface area contributed by atoms with Crippen LogP contribution >= 0.6 is 0 Å². The van der Waals surface area contributed by atoms with Crippen molar-refractivity contribution in [1.82, 2.24) is 18.2 Å². The minimum Gasteiger partial charge on any atom is -0.303 e. The van der Waals surface area contributed by atoms with E-state index < -0.39 is 10.2 Å². The summed E-state index contributed by atoms with van der Waals surface area (Å²) in [5.41, 5.74) is 0.776. The maximum Gasteiger partial charge on any atom is 0.308 e. The van der Waals surface area contributed by atoms with Crippen LogP contribution in [-0.4, -0.2) is 60.3 Å². The van der Waals surface area contributed by atoms with Crippen molar-refractivity contribution in [2.45, 2.75) is 57.8 Å². The number of imidazole rings is 1. The average molecular weight is 357 g/mol. The molecule has 0 unspecified atom stereocenters. The molecule has 0 N–H and O–H groups in total. The Morgan fingerprint density at radius 3 is 2.33 bits per heavy atom. The van der Waals surface area contributed by atoms with Gasteiger partial charge in [-0.1, -0.05) is 25.7 Å². The monoisotopic (exact) mass is 356 g/mol. The molecular formula is C17H32N4O2S. The zero-order chi connectivity index (χ0) is 17.4. The van der Waals surface area contributed by atoms with Gasteiger partial charge in [-0.3, -0.25) is 0 Å². The Morgan fingerprint density at radius 1 is 1.04 bits per heavy atom. The van der Waals surface area contributed by atoms with Crippen molar-refractivity contribution in [1.29, 1.82) is 0 Å². The SMILES string of the molecule is CN(C)S(=O)(=O)n1cncc1CCCCCCCCN1CCCC1. The number of rotatable bonds is 11. The molecule has 1 aromatic heterocycles. The molecule has 7 heteroatoms. The highest BCUT2D eigenvalue weighted by Gasteiger charge is 2.19. The molecule has 0 radical (unpaired) electrons. The Balaban J connectivity index is 1.59. The first-order valence-corrected chi connectivity index (χ1v) is 10.6. The van der Waals surface area contributed by atoms with Crippen LogP contribution in [0.1, 0.15) is 57.1 Å². The molecule has 2 heterocycles. The lowest BCUT2D eigenvalue weighted by Gasteiger charge is -2.14. The van der Waals surface area contributed by atoms with Crippen LogP contribution in [0.4, 0.5) is 0 Å². The molecule has 0 atom stereocenters. The molecule has 2 rings (SSSR count). The molecule has 0 bridgehead atoms. The predicted molar refractivity (Wildman–Crippen MR) is 97.3 cm³/mol. The topological polar surface area (TPSA) is 58.4 Å². The van der Waals surface area contributed by atoms with E-state index in [0.29, 0.717) is 0 Å². The molecule has 24 heavy (non-hydrogen) atoms. The minimum absolute atomic E-state index is 0.765. The number of aryl methyl sites for hydroxylation is 1. The number of likely N-dealkylation sites (tertiary alicyclic amines) is 1. The van der Waals surface area contributed by atoms with Crippen LogP contribution in [0.5, 0.6) is 0 Å². The molecule has 1 aromatic rings. The van der Waals surface area contributed by atoms with Crippen molar-refractivity contribution in [3.05, 3.63) is 18.2 Å². The van der Waals surface area contributed by atoms with E-state index in [1.54, 1.807) is 20.3 Å². The van der Waals surface area contributed by atoms with E-state index in [2.05, 4.69) is 9.88 Å². The summed E-state index contributed by atoms with van der Waals surface area (Å²) in [5, 5.41) is 0. The number of nitrogens with zero attached hydrogens (tertiary/aromatic N) is 4. The first-order valence-electron chi connectivity index (χ1n) is 9.18. The van der Waals surface area contributed by atoms with Gasteiger partial charge < -0.3 is 4.90 Å². The van der Waals surface area contributed by atoms with Crippen molar-refractivity contribution in [2.24, 2.45) is 0 Å². The van der Waals surface area contributed by atoms with Crippen LogP contribution in [0.2, 0.25) is 0 Å². The van der Waals surface area contributed by atoms with Gasteiger partial charge in [-0.05, 0) is 51.7 Å². The van der Waals surface area contributed by atoms with Crippen molar-refractivity contribution in [2.75, 3.05) is 33.7 Å². The summed E-state index contributed by atoms with van der Waals surface area (Å²) >= 11 is 0. The Hall–Kier alpha value is -0.920. The van der Waals surface area contributed by atoms with E-state index in [4.69, 9.17) is 0 Å². The zero-order valence-corrected chi connectivity index (χ0v) is 16.0. The predicted octanol–water partition coefficient (Wildman–Crippen LogP) is 2.52. The summed E-state index contributed by atoms with van der Waals surface area (Å²) in [5.74, 6) is 0. The molecule has 0 amide bonds. The molecule has 1 aliphatic rings. The van der Waals surface area contributed by atoms with Gasteiger partial charge in [0, 0.05) is 20.3 Å². The standard InChI is InChI=1S/C17H32N4O2S/c1-19(2)24(22,23)21-16-18-15-17(21)11-7-5-3-4-6-8-12-20-13-9-10-14-20/h15-16H,3-14H2,1-2H3. The number of aromatic nitrogens is 2. The van der Waals surface area contributed by atoms with E-state index >= 15 is 0 Å². The Bertz CT molecular complexity index is 577. The van der Waals surface area contributed by atoms with Gasteiger partial charge in [0.1, 0.15) is 6.33 Å². The molecule has 0 aliphatic carbocycles. The molecule has 1 aliphatic heterocycles. The first-order chi connectivity index (χ1) is 11.5. The molecule has 1 fully saturated rings. The van der Waals surface area contributed by atoms with Gasteiger partial charge in [0.05, 0.1) is 5.69 Å². The van der Waals surface area contributed by atoms with Gasteiger partial charge >= 0.3 is 10.2 Å². The van der Waals surface area contributed by atoms with Gasteiger partial charge in [0.25, 0.3) is 0 Å². The zero-order valence-electron chi connectivity index (χ0n) is 15.2. The minimum atomic E-state index is -3.44. The summed E-state index contributed by atoms with van der Waals surface area (Å²) in [7, 11) is -0.358. The van der Waals surface area contributed by atoms with Gasteiger partial charge in [0.2, 0.25) is 0 Å². The quantitative estimate of drug-likeness (QED) is 0.572. The summed E-state index contributed by atoms with van der Waals surface area (Å²) in [4.78, 5) is 6.58. The fourth-order valence-corrected chi connectivity index (χ4v) is 4.18. The molecule has 138 valence electrons. The second-order valence-electron chi connectivity index (χ2n) is 6.89. The second kappa shape index (κ2) is 9.53. The van der Waals surface area contributed by atoms with Crippen LogP contribution in [-0.2, 0) is 16.6 Å².